The molecule has 0 radical (unpaired) electrons. The number of thiazole rings is 1. The van der Waals surface area contributed by atoms with Crippen molar-refractivity contribution in [3.63, 3.8) is 0 Å². The van der Waals surface area contributed by atoms with Crippen LogP contribution in [0.5, 0.6) is 0 Å². The van der Waals surface area contributed by atoms with Gasteiger partial charge in [0.25, 0.3) is 0 Å². The maximum atomic E-state index is 5.63. The summed E-state index contributed by atoms with van der Waals surface area (Å²) >= 11 is 1.74. The highest BCUT2D eigenvalue weighted by Crippen LogP contribution is 2.13. The fourth-order valence-corrected chi connectivity index (χ4v) is 2.41. The van der Waals surface area contributed by atoms with Crippen molar-refractivity contribution in [2.24, 2.45) is 0 Å². The fraction of sp³-hybridized carbons (Fsp3) is 0.333. The lowest BCUT2D eigenvalue weighted by atomic mass is 10.1. The number of hydrogen-bond acceptors (Lipinski definition) is 4. The largest absolute Gasteiger partial charge is 0.384 e. The van der Waals surface area contributed by atoms with Crippen LogP contribution < -0.4 is 5.73 Å². The van der Waals surface area contributed by atoms with Crippen LogP contribution in [0.15, 0.2) is 23.7 Å². The molecule has 0 saturated heterocycles. The third-order valence-corrected chi connectivity index (χ3v) is 3.39. The summed E-state index contributed by atoms with van der Waals surface area (Å²) in [6.45, 7) is 2.13. The molecule has 2 aromatic rings. The summed E-state index contributed by atoms with van der Waals surface area (Å²) < 4.78 is 0. The Morgan fingerprint density at radius 1 is 1.38 bits per heavy atom. The van der Waals surface area contributed by atoms with E-state index in [4.69, 9.17) is 5.73 Å². The van der Waals surface area contributed by atoms with Crippen LogP contribution >= 0.6 is 11.3 Å². The minimum absolute atomic E-state index is 0.589. The van der Waals surface area contributed by atoms with Gasteiger partial charge < -0.3 is 5.73 Å². The van der Waals surface area contributed by atoms with E-state index in [-0.39, 0.29) is 0 Å². The normalized spacial score (nSPS) is 10.6. The smallest absolute Gasteiger partial charge is 0.123 e. The SMILES string of the molecule is CCc1csc(CCc2ccnc(N)c2)n1. The molecule has 0 spiro atoms. The summed E-state index contributed by atoms with van der Waals surface area (Å²) in [6, 6.07) is 3.93. The van der Waals surface area contributed by atoms with Crippen molar-refractivity contribution in [3.8, 4) is 0 Å². The van der Waals surface area contributed by atoms with Gasteiger partial charge >= 0.3 is 0 Å². The van der Waals surface area contributed by atoms with Crippen LogP contribution in [0.4, 0.5) is 5.82 Å². The van der Waals surface area contributed by atoms with Gasteiger partial charge in [0.2, 0.25) is 0 Å². The number of rotatable bonds is 4. The lowest BCUT2D eigenvalue weighted by Crippen LogP contribution is -1.95. The van der Waals surface area contributed by atoms with Gasteiger partial charge in [-0.15, -0.1) is 11.3 Å². The molecule has 0 aliphatic carbocycles. The van der Waals surface area contributed by atoms with E-state index in [0.29, 0.717) is 5.82 Å². The van der Waals surface area contributed by atoms with Crippen molar-refractivity contribution in [2.75, 3.05) is 5.73 Å². The second kappa shape index (κ2) is 5.07. The molecular formula is C12H15N3S. The van der Waals surface area contributed by atoms with Gasteiger partial charge in [0, 0.05) is 18.0 Å². The first kappa shape index (κ1) is 11.1. The fourth-order valence-electron chi connectivity index (χ4n) is 1.53. The molecule has 0 amide bonds. The Balaban J connectivity index is 1.96. The van der Waals surface area contributed by atoms with Gasteiger partial charge in [-0.2, -0.15) is 0 Å². The van der Waals surface area contributed by atoms with E-state index >= 15 is 0 Å². The van der Waals surface area contributed by atoms with Crippen LogP contribution in [0.2, 0.25) is 0 Å². The molecule has 0 aliphatic rings. The van der Waals surface area contributed by atoms with E-state index in [9.17, 15) is 0 Å². The molecule has 16 heavy (non-hydrogen) atoms. The molecule has 84 valence electrons. The molecule has 0 bridgehead atoms. The molecule has 4 heteroatoms. The summed E-state index contributed by atoms with van der Waals surface area (Å²) in [7, 11) is 0. The number of aromatic nitrogens is 2. The van der Waals surface area contributed by atoms with Crippen LogP contribution in [0.3, 0.4) is 0 Å². The zero-order chi connectivity index (χ0) is 11.4. The summed E-state index contributed by atoms with van der Waals surface area (Å²) in [5, 5.41) is 3.34. The Morgan fingerprint density at radius 2 is 2.25 bits per heavy atom. The molecule has 0 fully saturated rings. The summed E-state index contributed by atoms with van der Waals surface area (Å²) in [5.74, 6) is 0.589. The van der Waals surface area contributed by atoms with Crippen molar-refractivity contribution in [1.82, 2.24) is 9.97 Å². The van der Waals surface area contributed by atoms with Gasteiger partial charge in [0.05, 0.1) is 10.7 Å². The Labute approximate surface area is 99.4 Å². The highest BCUT2D eigenvalue weighted by Gasteiger charge is 2.01. The summed E-state index contributed by atoms with van der Waals surface area (Å²) in [6.07, 6.45) is 4.72. The average Bonchev–Trinajstić information content (AvgIpc) is 2.74. The lowest BCUT2D eigenvalue weighted by molar-refractivity contribution is 0.920. The molecule has 3 nitrogen and oxygen atoms in total. The summed E-state index contributed by atoms with van der Waals surface area (Å²) in [4.78, 5) is 8.51. The highest BCUT2D eigenvalue weighted by atomic mass is 32.1. The molecule has 0 aliphatic heterocycles. The van der Waals surface area contributed by atoms with E-state index in [2.05, 4.69) is 22.3 Å². The second-order valence-electron chi connectivity index (χ2n) is 3.68. The third-order valence-electron chi connectivity index (χ3n) is 2.43. The molecule has 2 rings (SSSR count). The number of aryl methyl sites for hydroxylation is 3. The first-order chi connectivity index (χ1) is 7.78. The van der Waals surface area contributed by atoms with Crippen molar-refractivity contribution >= 4 is 17.2 Å². The van der Waals surface area contributed by atoms with Crippen LogP contribution in [-0.4, -0.2) is 9.97 Å². The molecule has 2 aromatic heterocycles. The van der Waals surface area contributed by atoms with Gasteiger partial charge in [-0.1, -0.05) is 6.92 Å². The van der Waals surface area contributed by atoms with Gasteiger partial charge in [-0.3, -0.25) is 0 Å². The molecule has 0 saturated carbocycles. The zero-order valence-electron chi connectivity index (χ0n) is 9.31. The van der Waals surface area contributed by atoms with Gasteiger partial charge in [0.1, 0.15) is 5.82 Å². The molecule has 0 unspecified atom stereocenters. The van der Waals surface area contributed by atoms with Gasteiger partial charge in [-0.25, -0.2) is 9.97 Å². The Hall–Kier alpha value is -1.42. The van der Waals surface area contributed by atoms with E-state index in [1.807, 2.05) is 12.1 Å². The van der Waals surface area contributed by atoms with Gasteiger partial charge in [-0.05, 0) is 30.5 Å². The summed E-state index contributed by atoms with van der Waals surface area (Å²) in [5.41, 5.74) is 8.04. The van der Waals surface area contributed by atoms with E-state index in [1.165, 1.54) is 16.3 Å². The topological polar surface area (TPSA) is 51.8 Å². The first-order valence-electron chi connectivity index (χ1n) is 5.41. The van der Waals surface area contributed by atoms with Crippen molar-refractivity contribution in [1.29, 1.82) is 0 Å². The van der Waals surface area contributed by atoms with Gasteiger partial charge in [0.15, 0.2) is 0 Å². The predicted molar refractivity (Wildman–Crippen MR) is 67.5 cm³/mol. The lowest BCUT2D eigenvalue weighted by Gasteiger charge is -1.99. The average molecular weight is 233 g/mol. The van der Waals surface area contributed by atoms with Crippen LogP contribution in [0, 0.1) is 0 Å². The van der Waals surface area contributed by atoms with E-state index in [0.717, 1.165) is 19.3 Å². The maximum absolute atomic E-state index is 5.63. The number of nitrogens with two attached hydrogens (primary N) is 1. The molecule has 2 N–H and O–H groups in total. The minimum Gasteiger partial charge on any atom is -0.384 e. The Bertz CT molecular complexity index is 465. The maximum Gasteiger partial charge on any atom is 0.123 e. The quantitative estimate of drug-likeness (QED) is 0.882. The van der Waals surface area contributed by atoms with Crippen LogP contribution in [-0.2, 0) is 19.3 Å². The van der Waals surface area contributed by atoms with E-state index in [1.54, 1.807) is 17.5 Å². The number of hydrogen-bond donors (Lipinski definition) is 1. The van der Waals surface area contributed by atoms with Crippen molar-refractivity contribution in [2.45, 2.75) is 26.2 Å². The van der Waals surface area contributed by atoms with E-state index < -0.39 is 0 Å². The second-order valence-corrected chi connectivity index (χ2v) is 4.62. The van der Waals surface area contributed by atoms with Crippen LogP contribution in [0.25, 0.3) is 0 Å². The Kier molecular flexibility index (Phi) is 3.51. The predicted octanol–water partition coefficient (Wildman–Crippen LogP) is 2.47. The number of nitrogen functional groups attached to an aromatic ring is 1. The molecule has 0 aromatic carbocycles. The molecular weight excluding hydrogens is 218 g/mol. The van der Waals surface area contributed by atoms with Crippen molar-refractivity contribution < 1.29 is 0 Å². The van der Waals surface area contributed by atoms with Crippen molar-refractivity contribution in [3.05, 3.63) is 40.0 Å². The van der Waals surface area contributed by atoms with Crippen LogP contribution in [0.1, 0.15) is 23.2 Å². The standard InChI is InChI=1S/C12H15N3S/c1-2-10-8-16-12(15-10)4-3-9-5-6-14-11(13)7-9/h5-8H,2-4H2,1H3,(H2,13,14). The third kappa shape index (κ3) is 2.79. The number of pyridine rings is 1. The Morgan fingerprint density at radius 3 is 2.94 bits per heavy atom. The first-order valence-corrected chi connectivity index (χ1v) is 6.29. The number of anilines is 1. The molecule has 2 heterocycles. The molecule has 0 atom stereocenters. The highest BCUT2D eigenvalue weighted by molar-refractivity contribution is 7.09. The zero-order valence-corrected chi connectivity index (χ0v) is 10.1. The minimum atomic E-state index is 0.589. The monoisotopic (exact) mass is 233 g/mol. The number of nitrogens with zero attached hydrogens (tertiary/aromatic N) is 2.